The second kappa shape index (κ2) is 8.48. The molecule has 0 aliphatic rings. The number of aliphatic imine (C=N–C) groups is 1. The maximum Gasteiger partial charge on any atom is 0.191 e. The Bertz CT molecular complexity index is 372. The van der Waals surface area contributed by atoms with Crippen LogP contribution in [0.1, 0.15) is 25.6 Å². The molecule has 0 aliphatic heterocycles. The van der Waals surface area contributed by atoms with Gasteiger partial charge in [0.25, 0.3) is 0 Å². The molecular weight excluding hydrogens is 274 g/mol. The van der Waals surface area contributed by atoms with Gasteiger partial charge in [-0.15, -0.1) is 11.3 Å². The van der Waals surface area contributed by atoms with Crippen molar-refractivity contribution in [1.82, 2.24) is 10.6 Å². The predicted octanol–water partition coefficient (Wildman–Crippen LogP) is 2.94. The average molecular weight is 300 g/mol. The lowest BCUT2D eigenvalue weighted by atomic mass is 9.92. The highest BCUT2D eigenvalue weighted by Crippen LogP contribution is 2.27. The van der Waals surface area contributed by atoms with Crippen LogP contribution < -0.4 is 10.6 Å². The van der Waals surface area contributed by atoms with Gasteiger partial charge in [0.15, 0.2) is 5.96 Å². The quantitative estimate of drug-likeness (QED) is 0.462. The minimum Gasteiger partial charge on any atom is -0.357 e. The molecule has 19 heavy (non-hydrogen) atoms. The monoisotopic (exact) mass is 299 g/mol. The molecule has 0 atom stereocenters. The highest BCUT2D eigenvalue weighted by Gasteiger charge is 2.21. The van der Waals surface area contributed by atoms with Crippen LogP contribution in [-0.4, -0.2) is 37.6 Å². The number of nitrogens with one attached hydrogen (secondary N) is 2. The molecule has 1 rings (SSSR count). The van der Waals surface area contributed by atoms with Crippen LogP contribution in [0.15, 0.2) is 22.5 Å². The van der Waals surface area contributed by atoms with Crippen LogP contribution in [0.5, 0.6) is 0 Å². The molecule has 1 aromatic heterocycles. The van der Waals surface area contributed by atoms with Crippen molar-refractivity contribution in [3.8, 4) is 0 Å². The van der Waals surface area contributed by atoms with E-state index < -0.39 is 0 Å². The van der Waals surface area contributed by atoms with Crippen LogP contribution in [0.25, 0.3) is 0 Å². The Hall–Kier alpha value is -0.680. The largest absolute Gasteiger partial charge is 0.357 e. The molecule has 0 aliphatic carbocycles. The van der Waals surface area contributed by atoms with Crippen molar-refractivity contribution in [2.24, 2.45) is 4.99 Å². The molecule has 0 fully saturated rings. The van der Waals surface area contributed by atoms with E-state index in [1.54, 1.807) is 11.3 Å². The highest BCUT2D eigenvalue weighted by atomic mass is 32.2. The van der Waals surface area contributed by atoms with Gasteiger partial charge in [0.05, 0.1) is 6.54 Å². The summed E-state index contributed by atoms with van der Waals surface area (Å²) in [5.41, 5.74) is 0.0933. The SMILES string of the molecule is CCNC(=NCC(C)(C)c1cccs1)NCCSC. The van der Waals surface area contributed by atoms with Crippen molar-refractivity contribution >= 4 is 29.1 Å². The van der Waals surface area contributed by atoms with E-state index >= 15 is 0 Å². The summed E-state index contributed by atoms with van der Waals surface area (Å²) >= 11 is 3.64. The lowest BCUT2D eigenvalue weighted by Gasteiger charge is -2.21. The molecule has 0 saturated carbocycles. The zero-order valence-corrected chi connectivity index (χ0v) is 14.0. The first kappa shape index (κ1) is 16.4. The molecule has 1 aromatic rings. The summed E-state index contributed by atoms with van der Waals surface area (Å²) in [5.74, 6) is 2.01. The molecule has 0 amide bonds. The Labute approximate surface area is 125 Å². The average Bonchev–Trinajstić information content (AvgIpc) is 2.91. The third kappa shape index (κ3) is 5.87. The van der Waals surface area contributed by atoms with Gasteiger partial charge in [-0.2, -0.15) is 11.8 Å². The Kier molecular flexibility index (Phi) is 7.31. The lowest BCUT2D eigenvalue weighted by molar-refractivity contribution is 0.549. The van der Waals surface area contributed by atoms with Gasteiger partial charge in [-0.25, -0.2) is 0 Å². The molecule has 0 aromatic carbocycles. The molecule has 0 unspecified atom stereocenters. The number of thioether (sulfide) groups is 1. The van der Waals surface area contributed by atoms with Crippen molar-refractivity contribution in [3.05, 3.63) is 22.4 Å². The summed E-state index contributed by atoms with van der Waals surface area (Å²) in [7, 11) is 0. The van der Waals surface area contributed by atoms with Crippen molar-refractivity contribution in [3.63, 3.8) is 0 Å². The van der Waals surface area contributed by atoms with Gasteiger partial charge in [0.1, 0.15) is 0 Å². The molecule has 108 valence electrons. The van der Waals surface area contributed by atoms with Gasteiger partial charge in [0, 0.05) is 29.1 Å². The van der Waals surface area contributed by atoms with Gasteiger partial charge in [0.2, 0.25) is 0 Å². The molecule has 2 N–H and O–H groups in total. The first-order chi connectivity index (χ1) is 9.10. The highest BCUT2D eigenvalue weighted by molar-refractivity contribution is 7.98. The van der Waals surface area contributed by atoms with Crippen LogP contribution >= 0.6 is 23.1 Å². The number of thiophene rings is 1. The minimum atomic E-state index is 0.0933. The number of guanidine groups is 1. The summed E-state index contributed by atoms with van der Waals surface area (Å²) < 4.78 is 0. The topological polar surface area (TPSA) is 36.4 Å². The zero-order valence-electron chi connectivity index (χ0n) is 12.3. The normalized spacial score (nSPS) is 12.5. The number of hydrogen-bond acceptors (Lipinski definition) is 3. The van der Waals surface area contributed by atoms with Crippen LogP contribution in [0.4, 0.5) is 0 Å². The van der Waals surface area contributed by atoms with Crippen LogP contribution in [0, 0.1) is 0 Å². The summed E-state index contributed by atoms with van der Waals surface area (Å²) in [4.78, 5) is 6.09. The minimum absolute atomic E-state index is 0.0933. The van der Waals surface area contributed by atoms with Crippen LogP contribution in [-0.2, 0) is 5.41 Å². The van der Waals surface area contributed by atoms with Crippen molar-refractivity contribution in [2.45, 2.75) is 26.2 Å². The van der Waals surface area contributed by atoms with Gasteiger partial charge in [-0.3, -0.25) is 4.99 Å². The van der Waals surface area contributed by atoms with Crippen molar-refractivity contribution < 1.29 is 0 Å². The lowest BCUT2D eigenvalue weighted by Crippen LogP contribution is -2.39. The molecule has 5 heteroatoms. The van der Waals surface area contributed by atoms with E-state index in [4.69, 9.17) is 4.99 Å². The van der Waals surface area contributed by atoms with Crippen LogP contribution in [0.3, 0.4) is 0 Å². The molecule has 1 heterocycles. The van der Waals surface area contributed by atoms with Gasteiger partial charge < -0.3 is 10.6 Å². The van der Waals surface area contributed by atoms with Gasteiger partial charge in [-0.1, -0.05) is 19.9 Å². The first-order valence-electron chi connectivity index (χ1n) is 6.65. The Morgan fingerprint density at radius 2 is 2.21 bits per heavy atom. The fourth-order valence-corrected chi connectivity index (χ4v) is 2.78. The number of hydrogen-bond donors (Lipinski definition) is 2. The smallest absolute Gasteiger partial charge is 0.191 e. The molecule has 0 bridgehead atoms. The fraction of sp³-hybridized carbons (Fsp3) is 0.643. The fourth-order valence-electron chi connectivity index (χ4n) is 1.63. The Balaban J connectivity index is 2.58. The summed E-state index contributed by atoms with van der Waals surface area (Å²) in [6.07, 6.45) is 2.12. The number of nitrogens with zero attached hydrogens (tertiary/aromatic N) is 1. The Morgan fingerprint density at radius 3 is 2.79 bits per heavy atom. The van der Waals surface area contributed by atoms with Gasteiger partial charge >= 0.3 is 0 Å². The van der Waals surface area contributed by atoms with E-state index in [9.17, 15) is 0 Å². The summed E-state index contributed by atoms with van der Waals surface area (Å²) in [6, 6.07) is 4.29. The molecule has 0 spiro atoms. The number of rotatable bonds is 7. The van der Waals surface area contributed by atoms with Crippen LogP contribution in [0.2, 0.25) is 0 Å². The first-order valence-corrected chi connectivity index (χ1v) is 8.92. The van der Waals surface area contributed by atoms with Gasteiger partial charge in [-0.05, 0) is 24.6 Å². The third-order valence-electron chi connectivity index (χ3n) is 2.76. The maximum absolute atomic E-state index is 4.70. The molecular formula is C14H25N3S2. The van der Waals surface area contributed by atoms with E-state index in [0.717, 1.165) is 31.3 Å². The van der Waals surface area contributed by atoms with Crippen molar-refractivity contribution in [2.75, 3.05) is 31.6 Å². The van der Waals surface area contributed by atoms with E-state index in [-0.39, 0.29) is 5.41 Å². The van der Waals surface area contributed by atoms with E-state index in [1.807, 2.05) is 11.8 Å². The second-order valence-corrected chi connectivity index (χ2v) is 6.91. The third-order valence-corrected chi connectivity index (χ3v) is 4.61. The summed E-state index contributed by atoms with van der Waals surface area (Å²) in [6.45, 7) is 9.22. The summed E-state index contributed by atoms with van der Waals surface area (Å²) in [5, 5.41) is 8.78. The standard InChI is InChI=1S/C14H25N3S2/c1-5-15-13(16-8-10-18-4)17-11-14(2,3)12-7-6-9-19-12/h6-7,9H,5,8,10-11H2,1-4H3,(H2,15,16,17). The predicted molar refractivity (Wildman–Crippen MR) is 89.7 cm³/mol. The molecule has 0 radical (unpaired) electrons. The zero-order chi connectivity index (χ0) is 14.1. The van der Waals surface area contributed by atoms with E-state index in [1.165, 1.54) is 4.88 Å². The van der Waals surface area contributed by atoms with E-state index in [2.05, 4.69) is 55.2 Å². The van der Waals surface area contributed by atoms with E-state index in [0.29, 0.717) is 0 Å². The second-order valence-electron chi connectivity index (χ2n) is 4.98. The maximum atomic E-state index is 4.70. The Morgan fingerprint density at radius 1 is 1.42 bits per heavy atom. The molecule has 0 saturated heterocycles. The van der Waals surface area contributed by atoms with Crippen molar-refractivity contribution in [1.29, 1.82) is 0 Å². The molecule has 3 nitrogen and oxygen atoms in total.